The summed E-state index contributed by atoms with van der Waals surface area (Å²) in [7, 11) is 3.75. The Balaban J connectivity index is 2.26. The van der Waals surface area contributed by atoms with E-state index in [4.69, 9.17) is 4.74 Å². The molecule has 21 heavy (non-hydrogen) atoms. The fourth-order valence-corrected chi connectivity index (χ4v) is 2.42. The van der Waals surface area contributed by atoms with Crippen LogP contribution in [-0.4, -0.2) is 55.2 Å². The minimum Gasteiger partial charge on any atom is -0.444 e. The zero-order chi connectivity index (χ0) is 16.0. The number of rotatable bonds is 4. The second-order valence-corrected chi connectivity index (χ2v) is 7.00. The van der Waals surface area contributed by atoms with Crippen LogP contribution in [0.3, 0.4) is 0 Å². The van der Waals surface area contributed by atoms with Crippen LogP contribution in [0.25, 0.3) is 0 Å². The Morgan fingerprint density at radius 3 is 1.95 bits per heavy atom. The molecule has 0 heterocycles. The third-order valence-corrected chi connectivity index (χ3v) is 3.27. The van der Waals surface area contributed by atoms with Gasteiger partial charge in [-0.05, 0) is 60.5 Å². The van der Waals surface area contributed by atoms with Gasteiger partial charge in [-0.15, -0.1) is 0 Å². The van der Waals surface area contributed by atoms with Crippen molar-refractivity contribution in [2.45, 2.75) is 64.1 Å². The number of amides is 2. The maximum absolute atomic E-state index is 11.7. The van der Waals surface area contributed by atoms with E-state index in [2.05, 4.69) is 10.6 Å². The normalized spacial score (nSPS) is 22.8. The van der Waals surface area contributed by atoms with Crippen molar-refractivity contribution < 1.29 is 14.3 Å². The van der Waals surface area contributed by atoms with E-state index < -0.39 is 5.60 Å². The van der Waals surface area contributed by atoms with Gasteiger partial charge in [0.15, 0.2) is 0 Å². The average Bonchev–Trinajstić information content (AvgIpc) is 2.27. The first kappa shape index (κ1) is 17.8. The van der Waals surface area contributed by atoms with Crippen molar-refractivity contribution in [2.24, 2.45) is 0 Å². The molecular weight excluding hydrogens is 270 g/mol. The SMILES string of the molecule is CN(C)CC(=O)N[C@H]1CC[C@@H](NC(=O)OC(C)(C)C)CC1. The first-order chi connectivity index (χ1) is 9.65. The molecule has 6 nitrogen and oxygen atoms in total. The smallest absolute Gasteiger partial charge is 0.407 e. The number of likely N-dealkylation sites (N-methyl/N-ethyl adjacent to an activating group) is 1. The Bertz CT molecular complexity index is 356. The Morgan fingerprint density at radius 2 is 1.52 bits per heavy atom. The minimum atomic E-state index is -0.471. The van der Waals surface area contributed by atoms with Crippen molar-refractivity contribution in [3.8, 4) is 0 Å². The largest absolute Gasteiger partial charge is 0.444 e. The topological polar surface area (TPSA) is 70.7 Å². The van der Waals surface area contributed by atoms with Crippen LogP contribution in [0, 0.1) is 0 Å². The lowest BCUT2D eigenvalue weighted by Gasteiger charge is -2.30. The molecule has 0 spiro atoms. The predicted octanol–water partition coefficient (Wildman–Crippen LogP) is 1.50. The van der Waals surface area contributed by atoms with Crippen LogP contribution in [-0.2, 0) is 9.53 Å². The van der Waals surface area contributed by atoms with Gasteiger partial charge in [0.05, 0.1) is 6.54 Å². The van der Waals surface area contributed by atoms with E-state index in [-0.39, 0.29) is 24.1 Å². The second-order valence-electron chi connectivity index (χ2n) is 7.00. The standard InChI is InChI=1S/C15H29N3O3/c1-15(2,3)21-14(20)17-12-8-6-11(7-9-12)16-13(19)10-18(4)5/h11-12H,6-10H2,1-5H3,(H,16,19)(H,17,20)/t11-,12+. The van der Waals surface area contributed by atoms with Crippen molar-refractivity contribution >= 4 is 12.0 Å². The number of carbonyl (C=O) groups excluding carboxylic acids is 2. The molecule has 1 aliphatic rings. The molecule has 0 unspecified atom stereocenters. The lowest BCUT2D eigenvalue weighted by atomic mass is 9.91. The van der Waals surface area contributed by atoms with E-state index in [9.17, 15) is 9.59 Å². The molecule has 0 saturated heterocycles. The summed E-state index contributed by atoms with van der Waals surface area (Å²) in [6.07, 6.45) is 3.15. The van der Waals surface area contributed by atoms with Crippen LogP contribution in [0.2, 0.25) is 0 Å². The van der Waals surface area contributed by atoms with E-state index in [1.54, 1.807) is 0 Å². The maximum atomic E-state index is 11.7. The van der Waals surface area contributed by atoms with Crippen LogP contribution in [0.1, 0.15) is 46.5 Å². The van der Waals surface area contributed by atoms with Gasteiger partial charge < -0.3 is 20.3 Å². The Kier molecular flexibility index (Phi) is 6.45. The van der Waals surface area contributed by atoms with Gasteiger partial charge >= 0.3 is 6.09 Å². The molecule has 1 aliphatic carbocycles. The summed E-state index contributed by atoms with van der Waals surface area (Å²) in [4.78, 5) is 25.2. The third-order valence-electron chi connectivity index (χ3n) is 3.27. The summed E-state index contributed by atoms with van der Waals surface area (Å²) in [5, 5.41) is 5.94. The van der Waals surface area contributed by atoms with Gasteiger partial charge in [-0.1, -0.05) is 0 Å². The van der Waals surface area contributed by atoms with E-state index in [1.165, 1.54) is 0 Å². The van der Waals surface area contributed by atoms with E-state index in [1.807, 2.05) is 39.8 Å². The molecule has 2 amide bonds. The van der Waals surface area contributed by atoms with Crippen molar-refractivity contribution in [3.05, 3.63) is 0 Å². The lowest BCUT2D eigenvalue weighted by molar-refractivity contribution is -0.122. The van der Waals surface area contributed by atoms with Crippen LogP contribution in [0.5, 0.6) is 0 Å². The second kappa shape index (κ2) is 7.64. The third kappa shape index (κ3) is 7.90. The zero-order valence-corrected chi connectivity index (χ0v) is 13.9. The van der Waals surface area contributed by atoms with Crippen LogP contribution in [0.4, 0.5) is 4.79 Å². The fourth-order valence-electron chi connectivity index (χ4n) is 2.42. The molecule has 0 aromatic heterocycles. The zero-order valence-electron chi connectivity index (χ0n) is 13.9. The molecule has 0 aromatic carbocycles. The number of carbonyl (C=O) groups is 2. The number of nitrogens with one attached hydrogen (secondary N) is 2. The molecule has 0 radical (unpaired) electrons. The van der Waals surface area contributed by atoms with Gasteiger partial charge in [0.2, 0.25) is 5.91 Å². The quantitative estimate of drug-likeness (QED) is 0.825. The summed E-state index contributed by atoms with van der Waals surface area (Å²) < 4.78 is 5.25. The number of alkyl carbamates (subject to hydrolysis) is 1. The van der Waals surface area contributed by atoms with Crippen molar-refractivity contribution in [2.75, 3.05) is 20.6 Å². The molecular formula is C15H29N3O3. The Labute approximate surface area is 127 Å². The summed E-state index contributed by atoms with van der Waals surface area (Å²) in [6, 6.07) is 0.357. The minimum absolute atomic E-state index is 0.0588. The number of ether oxygens (including phenoxy) is 1. The highest BCUT2D eigenvalue weighted by Gasteiger charge is 2.25. The summed E-state index contributed by atoms with van der Waals surface area (Å²) in [6.45, 7) is 5.97. The molecule has 0 aromatic rings. The number of hydrogen-bond acceptors (Lipinski definition) is 4. The molecule has 2 N–H and O–H groups in total. The molecule has 1 saturated carbocycles. The summed E-state index contributed by atoms with van der Waals surface area (Å²) >= 11 is 0. The molecule has 1 rings (SSSR count). The number of nitrogens with zero attached hydrogens (tertiary/aromatic N) is 1. The van der Waals surface area contributed by atoms with Crippen LogP contribution < -0.4 is 10.6 Å². The van der Waals surface area contributed by atoms with Crippen molar-refractivity contribution in [1.29, 1.82) is 0 Å². The number of hydrogen-bond donors (Lipinski definition) is 2. The summed E-state index contributed by atoms with van der Waals surface area (Å²) in [5.74, 6) is 0.0588. The van der Waals surface area contributed by atoms with E-state index >= 15 is 0 Å². The van der Waals surface area contributed by atoms with Crippen LogP contribution >= 0.6 is 0 Å². The van der Waals surface area contributed by atoms with Gasteiger partial charge in [-0.3, -0.25) is 4.79 Å². The Hall–Kier alpha value is -1.30. The monoisotopic (exact) mass is 299 g/mol. The molecule has 0 atom stereocenters. The van der Waals surface area contributed by atoms with Crippen molar-refractivity contribution in [3.63, 3.8) is 0 Å². The van der Waals surface area contributed by atoms with Gasteiger partial charge in [-0.25, -0.2) is 4.79 Å². The van der Waals surface area contributed by atoms with Gasteiger partial charge in [-0.2, -0.15) is 0 Å². The molecule has 1 fully saturated rings. The first-order valence-electron chi connectivity index (χ1n) is 7.59. The predicted molar refractivity (Wildman–Crippen MR) is 82.1 cm³/mol. The highest BCUT2D eigenvalue weighted by Crippen LogP contribution is 2.19. The Morgan fingerprint density at radius 1 is 1.05 bits per heavy atom. The molecule has 0 aliphatic heterocycles. The average molecular weight is 299 g/mol. The van der Waals surface area contributed by atoms with E-state index in [0.717, 1.165) is 25.7 Å². The highest BCUT2D eigenvalue weighted by atomic mass is 16.6. The molecule has 0 bridgehead atoms. The van der Waals surface area contributed by atoms with E-state index in [0.29, 0.717) is 6.54 Å². The first-order valence-corrected chi connectivity index (χ1v) is 7.59. The molecule has 122 valence electrons. The highest BCUT2D eigenvalue weighted by molar-refractivity contribution is 5.78. The van der Waals surface area contributed by atoms with Crippen molar-refractivity contribution in [1.82, 2.24) is 15.5 Å². The molecule has 6 heteroatoms. The summed E-state index contributed by atoms with van der Waals surface area (Å²) in [5.41, 5.74) is -0.471. The van der Waals surface area contributed by atoms with Gasteiger partial charge in [0.1, 0.15) is 5.60 Å². The van der Waals surface area contributed by atoms with Gasteiger partial charge in [0, 0.05) is 12.1 Å². The maximum Gasteiger partial charge on any atom is 0.407 e. The fraction of sp³-hybridized carbons (Fsp3) is 0.867. The van der Waals surface area contributed by atoms with Crippen LogP contribution in [0.15, 0.2) is 0 Å². The lowest BCUT2D eigenvalue weighted by Crippen LogP contribution is -2.46. The van der Waals surface area contributed by atoms with Gasteiger partial charge in [0.25, 0.3) is 0 Å².